The lowest BCUT2D eigenvalue weighted by molar-refractivity contribution is 0.382. The first-order valence-corrected chi connectivity index (χ1v) is 9.93. The lowest BCUT2D eigenvalue weighted by Gasteiger charge is -2.12. The zero-order valence-electron chi connectivity index (χ0n) is 15.6. The monoisotopic (exact) mass is 387 g/mol. The fourth-order valence-electron chi connectivity index (χ4n) is 2.56. The molecule has 2 aromatic carbocycles. The second-order valence-corrected chi connectivity index (χ2v) is 7.81. The Morgan fingerprint density at radius 2 is 1.89 bits per heavy atom. The van der Waals surface area contributed by atoms with Gasteiger partial charge in [0.2, 0.25) is 11.7 Å². The number of anilines is 1. The van der Waals surface area contributed by atoms with Gasteiger partial charge in [0.05, 0.1) is 17.6 Å². The Morgan fingerprint density at radius 3 is 2.52 bits per heavy atom. The number of ether oxygens (including phenoxy) is 1. The van der Waals surface area contributed by atoms with Crippen LogP contribution in [0.1, 0.15) is 23.9 Å². The van der Waals surface area contributed by atoms with Gasteiger partial charge < -0.3 is 9.26 Å². The van der Waals surface area contributed by atoms with E-state index >= 15 is 0 Å². The topological polar surface area (TPSA) is 94.3 Å². The Morgan fingerprint density at radius 1 is 1.11 bits per heavy atom. The smallest absolute Gasteiger partial charge is 0.261 e. The summed E-state index contributed by atoms with van der Waals surface area (Å²) in [6.07, 6.45) is 0.585. The van der Waals surface area contributed by atoms with Crippen molar-refractivity contribution in [3.8, 4) is 17.1 Å². The van der Waals surface area contributed by atoms with E-state index in [2.05, 4.69) is 14.9 Å². The molecule has 1 N–H and O–H groups in total. The molecule has 0 saturated heterocycles. The van der Waals surface area contributed by atoms with Gasteiger partial charge in [-0.15, -0.1) is 0 Å². The predicted octanol–water partition coefficient (Wildman–Crippen LogP) is 3.73. The fraction of sp³-hybridized carbons (Fsp3) is 0.263. The molecule has 27 heavy (non-hydrogen) atoms. The van der Waals surface area contributed by atoms with Crippen molar-refractivity contribution in [2.24, 2.45) is 0 Å². The summed E-state index contributed by atoms with van der Waals surface area (Å²) in [5.74, 6) is 1.21. The Kier molecular flexibility index (Phi) is 5.18. The Bertz CT molecular complexity index is 1070. The summed E-state index contributed by atoms with van der Waals surface area (Å²) >= 11 is 0. The van der Waals surface area contributed by atoms with Gasteiger partial charge in [-0.3, -0.25) is 4.72 Å². The number of aromatic nitrogens is 2. The SMILES string of the molecule is CCc1nc(-c2cc(S(=O)(=O)Nc3ccc(C)c(C)c3)ccc2OC)no1. The summed E-state index contributed by atoms with van der Waals surface area (Å²) in [4.78, 5) is 4.35. The van der Waals surface area contributed by atoms with Crippen molar-refractivity contribution < 1.29 is 17.7 Å². The molecule has 8 heteroatoms. The van der Waals surface area contributed by atoms with E-state index in [1.807, 2.05) is 26.8 Å². The molecule has 0 bridgehead atoms. The van der Waals surface area contributed by atoms with E-state index in [-0.39, 0.29) is 10.7 Å². The van der Waals surface area contributed by atoms with Crippen molar-refractivity contribution in [1.82, 2.24) is 10.1 Å². The zero-order chi connectivity index (χ0) is 19.6. The largest absolute Gasteiger partial charge is 0.496 e. The third-order valence-electron chi connectivity index (χ3n) is 4.25. The third kappa shape index (κ3) is 3.95. The molecule has 142 valence electrons. The molecule has 0 fully saturated rings. The second kappa shape index (κ2) is 7.40. The van der Waals surface area contributed by atoms with Crippen LogP contribution in [0.5, 0.6) is 5.75 Å². The normalized spacial score (nSPS) is 11.4. The van der Waals surface area contributed by atoms with Crippen LogP contribution in [0.15, 0.2) is 45.8 Å². The quantitative estimate of drug-likeness (QED) is 0.693. The minimum atomic E-state index is -3.79. The average molecular weight is 387 g/mol. The summed E-state index contributed by atoms with van der Waals surface area (Å²) in [6.45, 7) is 5.79. The molecular formula is C19H21N3O4S. The molecule has 0 aliphatic rings. The minimum Gasteiger partial charge on any atom is -0.496 e. The van der Waals surface area contributed by atoms with Crippen LogP contribution in [0, 0.1) is 13.8 Å². The number of rotatable bonds is 6. The Labute approximate surface area is 158 Å². The van der Waals surface area contributed by atoms with Crippen LogP contribution >= 0.6 is 0 Å². The summed E-state index contributed by atoms with van der Waals surface area (Å²) in [5.41, 5.74) is 3.05. The van der Waals surface area contributed by atoms with Gasteiger partial charge in [-0.25, -0.2) is 8.42 Å². The predicted molar refractivity (Wildman–Crippen MR) is 102 cm³/mol. The van der Waals surface area contributed by atoms with Gasteiger partial charge in [0, 0.05) is 12.1 Å². The van der Waals surface area contributed by atoms with E-state index in [1.165, 1.54) is 19.2 Å². The number of sulfonamides is 1. The minimum absolute atomic E-state index is 0.0828. The zero-order valence-corrected chi connectivity index (χ0v) is 16.4. The molecule has 0 unspecified atom stereocenters. The Balaban J connectivity index is 2.00. The molecule has 0 aliphatic heterocycles. The van der Waals surface area contributed by atoms with E-state index < -0.39 is 10.0 Å². The van der Waals surface area contributed by atoms with E-state index in [1.54, 1.807) is 18.2 Å². The number of nitrogens with one attached hydrogen (secondary N) is 1. The maximum Gasteiger partial charge on any atom is 0.261 e. The summed E-state index contributed by atoms with van der Waals surface area (Å²) < 4.78 is 38.7. The van der Waals surface area contributed by atoms with Crippen LogP contribution in [0.25, 0.3) is 11.4 Å². The molecule has 0 atom stereocenters. The number of methoxy groups -OCH3 is 1. The maximum absolute atomic E-state index is 12.8. The van der Waals surface area contributed by atoms with Gasteiger partial charge in [-0.05, 0) is 55.3 Å². The first-order chi connectivity index (χ1) is 12.8. The maximum atomic E-state index is 12.8. The molecule has 0 saturated carbocycles. The highest BCUT2D eigenvalue weighted by molar-refractivity contribution is 7.92. The number of aryl methyl sites for hydroxylation is 3. The van der Waals surface area contributed by atoms with E-state index in [0.29, 0.717) is 29.3 Å². The van der Waals surface area contributed by atoms with Crippen LogP contribution < -0.4 is 9.46 Å². The Hall–Kier alpha value is -2.87. The van der Waals surface area contributed by atoms with Crippen molar-refractivity contribution in [2.75, 3.05) is 11.8 Å². The highest BCUT2D eigenvalue weighted by atomic mass is 32.2. The number of hydrogen-bond acceptors (Lipinski definition) is 6. The van der Waals surface area contributed by atoms with E-state index in [0.717, 1.165) is 11.1 Å². The molecule has 1 heterocycles. The van der Waals surface area contributed by atoms with Crippen molar-refractivity contribution in [2.45, 2.75) is 32.1 Å². The second-order valence-electron chi connectivity index (χ2n) is 6.13. The average Bonchev–Trinajstić information content (AvgIpc) is 3.13. The highest BCUT2D eigenvalue weighted by Crippen LogP contribution is 2.31. The standard InChI is InChI=1S/C19H21N3O4S/c1-5-18-20-19(21-26-18)16-11-15(8-9-17(16)25-4)27(23,24)22-14-7-6-12(2)13(3)10-14/h6-11,22H,5H2,1-4H3. The summed E-state index contributed by atoms with van der Waals surface area (Å²) in [5, 5.41) is 3.91. The molecule has 0 spiro atoms. The van der Waals surface area contributed by atoms with E-state index in [9.17, 15) is 8.42 Å². The van der Waals surface area contributed by atoms with E-state index in [4.69, 9.17) is 9.26 Å². The van der Waals surface area contributed by atoms with Crippen LogP contribution in [0.2, 0.25) is 0 Å². The third-order valence-corrected chi connectivity index (χ3v) is 5.63. The lowest BCUT2D eigenvalue weighted by Crippen LogP contribution is -2.13. The number of benzene rings is 2. The first-order valence-electron chi connectivity index (χ1n) is 8.45. The van der Waals surface area contributed by atoms with Crippen LogP contribution in [0.3, 0.4) is 0 Å². The lowest BCUT2D eigenvalue weighted by atomic mass is 10.1. The molecule has 0 radical (unpaired) electrons. The fourth-order valence-corrected chi connectivity index (χ4v) is 3.63. The van der Waals surface area contributed by atoms with Crippen LogP contribution in [0.4, 0.5) is 5.69 Å². The van der Waals surface area contributed by atoms with Crippen LogP contribution in [-0.4, -0.2) is 25.7 Å². The summed E-state index contributed by atoms with van der Waals surface area (Å²) in [6, 6.07) is 9.94. The molecule has 1 aromatic heterocycles. The molecule has 3 aromatic rings. The van der Waals surface area contributed by atoms with Crippen molar-refractivity contribution in [3.05, 3.63) is 53.4 Å². The van der Waals surface area contributed by atoms with Gasteiger partial charge in [-0.2, -0.15) is 4.98 Å². The van der Waals surface area contributed by atoms with Crippen molar-refractivity contribution >= 4 is 15.7 Å². The summed E-state index contributed by atoms with van der Waals surface area (Å²) in [7, 11) is -2.29. The van der Waals surface area contributed by atoms with Gasteiger partial charge in [0.25, 0.3) is 10.0 Å². The van der Waals surface area contributed by atoms with Crippen molar-refractivity contribution in [1.29, 1.82) is 0 Å². The van der Waals surface area contributed by atoms with Crippen molar-refractivity contribution in [3.63, 3.8) is 0 Å². The van der Waals surface area contributed by atoms with Gasteiger partial charge in [0.1, 0.15) is 5.75 Å². The number of hydrogen-bond donors (Lipinski definition) is 1. The highest BCUT2D eigenvalue weighted by Gasteiger charge is 2.20. The van der Waals surface area contributed by atoms with Gasteiger partial charge >= 0.3 is 0 Å². The van der Waals surface area contributed by atoms with Gasteiger partial charge in [-0.1, -0.05) is 18.1 Å². The van der Waals surface area contributed by atoms with Crippen LogP contribution in [-0.2, 0) is 16.4 Å². The molecule has 3 rings (SSSR count). The first kappa shape index (κ1) is 18.9. The molecular weight excluding hydrogens is 366 g/mol. The van der Waals surface area contributed by atoms with Gasteiger partial charge in [0.15, 0.2) is 0 Å². The molecule has 7 nitrogen and oxygen atoms in total. The molecule has 0 amide bonds. The molecule has 0 aliphatic carbocycles. The number of nitrogens with zero attached hydrogens (tertiary/aromatic N) is 2.